The van der Waals surface area contributed by atoms with Gasteiger partial charge in [-0.3, -0.25) is 0 Å². The molecule has 0 aromatic rings. The Bertz CT molecular complexity index is 111. The van der Waals surface area contributed by atoms with Crippen LogP contribution in [0.25, 0.3) is 0 Å². The Kier molecular flexibility index (Phi) is 7.84. The van der Waals surface area contributed by atoms with E-state index in [0.29, 0.717) is 0 Å². The van der Waals surface area contributed by atoms with E-state index >= 15 is 0 Å². The minimum atomic E-state index is -1.08. The quantitative estimate of drug-likeness (QED) is 0.582. The molecule has 0 aliphatic rings. The molecule has 0 spiro atoms. The number of carboxylic acids is 1. The molecular weight excluding hydrogens is 316 g/mol. The Morgan fingerprint density at radius 2 is 2.12 bits per heavy atom. The normalized spacial score (nSPS) is 10.0. The molecule has 0 radical (unpaired) electrons. The van der Waals surface area contributed by atoms with Crippen molar-refractivity contribution in [1.29, 1.82) is 0 Å². The van der Waals surface area contributed by atoms with E-state index in [4.69, 9.17) is 16.7 Å². The van der Waals surface area contributed by atoms with E-state index < -0.39 is 5.97 Å². The molecule has 0 aliphatic carbocycles. The van der Waals surface area contributed by atoms with Gasteiger partial charge in [0.1, 0.15) is 5.03 Å². The van der Waals surface area contributed by atoms with E-state index in [1.807, 2.05) is 0 Å². The summed E-state index contributed by atoms with van der Waals surface area (Å²) >= 11 is 5.06. The zero-order chi connectivity index (χ0) is 5.86. The third-order valence-electron chi connectivity index (χ3n) is 0.458. The summed E-state index contributed by atoms with van der Waals surface area (Å²) in [4.78, 5) is 9.73. The smallest absolute Gasteiger partial charge is 0.346 e. The SMILES string of the molecule is CC=C(Cl)C(=O)O.[Hg]. The summed E-state index contributed by atoms with van der Waals surface area (Å²) in [6, 6.07) is 0. The van der Waals surface area contributed by atoms with Gasteiger partial charge in [-0.05, 0) is 6.92 Å². The van der Waals surface area contributed by atoms with Gasteiger partial charge in [-0.15, -0.1) is 0 Å². The van der Waals surface area contributed by atoms with E-state index in [-0.39, 0.29) is 32.7 Å². The first-order valence-corrected chi connectivity index (χ1v) is 2.11. The van der Waals surface area contributed by atoms with E-state index in [0.717, 1.165) is 0 Å². The summed E-state index contributed by atoms with van der Waals surface area (Å²) in [6.07, 6.45) is 1.32. The van der Waals surface area contributed by atoms with Crippen LogP contribution >= 0.6 is 11.6 Å². The summed E-state index contributed by atoms with van der Waals surface area (Å²) in [5.74, 6) is -1.08. The Balaban J connectivity index is 0. The molecule has 0 amide bonds. The van der Waals surface area contributed by atoms with Crippen LogP contribution in [0.15, 0.2) is 11.1 Å². The number of rotatable bonds is 1. The van der Waals surface area contributed by atoms with Crippen LogP contribution in [0, 0.1) is 0 Å². The van der Waals surface area contributed by atoms with Gasteiger partial charge in [0, 0.05) is 27.7 Å². The molecule has 0 fully saturated rings. The van der Waals surface area contributed by atoms with E-state index in [9.17, 15) is 4.79 Å². The number of hydrogen-bond donors (Lipinski definition) is 1. The molecular formula is C4H5ClHgO2. The van der Waals surface area contributed by atoms with Crippen LogP contribution in [0.3, 0.4) is 0 Å². The third kappa shape index (κ3) is 4.59. The molecule has 0 aliphatic heterocycles. The van der Waals surface area contributed by atoms with Gasteiger partial charge in [0.05, 0.1) is 0 Å². The van der Waals surface area contributed by atoms with Gasteiger partial charge in [-0.1, -0.05) is 17.7 Å². The first-order chi connectivity index (χ1) is 3.18. The van der Waals surface area contributed by atoms with E-state index in [2.05, 4.69) is 0 Å². The molecule has 2 nitrogen and oxygen atoms in total. The first-order valence-electron chi connectivity index (χ1n) is 1.73. The topological polar surface area (TPSA) is 37.3 Å². The van der Waals surface area contributed by atoms with Crippen molar-refractivity contribution in [2.75, 3.05) is 0 Å². The van der Waals surface area contributed by atoms with Gasteiger partial charge in [0.2, 0.25) is 0 Å². The molecule has 0 saturated heterocycles. The van der Waals surface area contributed by atoms with Crippen molar-refractivity contribution in [2.24, 2.45) is 0 Å². The summed E-state index contributed by atoms with van der Waals surface area (Å²) in [6.45, 7) is 1.57. The fourth-order valence-corrected chi connectivity index (χ4v) is 0.123. The Hall–Kier alpha value is 0.435. The summed E-state index contributed by atoms with van der Waals surface area (Å²) in [7, 11) is 0. The Labute approximate surface area is 73.0 Å². The predicted octanol–water partition coefficient (Wildman–Crippen LogP) is 1.21. The summed E-state index contributed by atoms with van der Waals surface area (Å²) < 4.78 is 0. The molecule has 0 atom stereocenters. The van der Waals surface area contributed by atoms with Crippen LogP contribution in [-0.2, 0) is 32.5 Å². The maximum Gasteiger partial charge on any atom is 0.346 e. The van der Waals surface area contributed by atoms with Crippen molar-refractivity contribution in [3.05, 3.63) is 11.1 Å². The minimum Gasteiger partial charge on any atom is -0.477 e. The summed E-state index contributed by atoms with van der Waals surface area (Å²) in [5, 5.41) is 7.84. The minimum absolute atomic E-state index is 0. The molecule has 42 valence electrons. The van der Waals surface area contributed by atoms with Crippen molar-refractivity contribution >= 4 is 17.6 Å². The molecule has 0 rings (SSSR count). The number of allylic oxidation sites excluding steroid dienone is 1. The van der Waals surface area contributed by atoms with Crippen molar-refractivity contribution in [2.45, 2.75) is 6.92 Å². The molecule has 0 bridgehead atoms. The van der Waals surface area contributed by atoms with Gasteiger partial charge in [0.15, 0.2) is 0 Å². The predicted molar refractivity (Wildman–Crippen MR) is 27.2 cm³/mol. The maximum atomic E-state index is 9.73. The van der Waals surface area contributed by atoms with Crippen molar-refractivity contribution < 1.29 is 37.6 Å². The van der Waals surface area contributed by atoms with Crippen LogP contribution in [0.1, 0.15) is 6.92 Å². The molecule has 0 aromatic heterocycles. The van der Waals surface area contributed by atoms with Crippen LogP contribution in [0.4, 0.5) is 0 Å². The fourth-order valence-electron chi connectivity index (χ4n) is 0.123. The Morgan fingerprint density at radius 1 is 1.75 bits per heavy atom. The Morgan fingerprint density at radius 3 is 2.12 bits per heavy atom. The van der Waals surface area contributed by atoms with Crippen LogP contribution in [0.2, 0.25) is 0 Å². The number of hydrogen-bond acceptors (Lipinski definition) is 1. The first kappa shape index (κ1) is 11.3. The summed E-state index contributed by atoms with van der Waals surface area (Å²) in [5.41, 5.74) is 0. The molecule has 4 heteroatoms. The van der Waals surface area contributed by atoms with Gasteiger partial charge in [-0.2, -0.15) is 0 Å². The fraction of sp³-hybridized carbons (Fsp3) is 0.250. The molecule has 0 aromatic carbocycles. The largest absolute Gasteiger partial charge is 0.477 e. The molecule has 1 N–H and O–H groups in total. The van der Waals surface area contributed by atoms with E-state index in [1.54, 1.807) is 6.92 Å². The monoisotopic (exact) mass is 322 g/mol. The van der Waals surface area contributed by atoms with Crippen LogP contribution in [-0.4, -0.2) is 11.1 Å². The zero-order valence-electron chi connectivity index (χ0n) is 4.52. The average Bonchev–Trinajstić information content (AvgIpc) is 1.65. The average molecular weight is 321 g/mol. The zero-order valence-corrected chi connectivity index (χ0v) is 10.8. The molecule has 8 heavy (non-hydrogen) atoms. The molecule has 0 heterocycles. The molecule has 0 unspecified atom stereocenters. The standard InChI is InChI=1S/C4H5ClO2.Hg/c1-2-3(5)4(6)7;/h2H,1H3,(H,6,7);. The second-order valence-electron chi connectivity index (χ2n) is 0.942. The van der Waals surface area contributed by atoms with Crippen molar-refractivity contribution in [3.8, 4) is 0 Å². The number of carbonyl (C=O) groups is 1. The second kappa shape index (κ2) is 5.57. The van der Waals surface area contributed by atoms with Gasteiger partial charge >= 0.3 is 5.97 Å². The number of carboxylic acid groups (broad SMARTS) is 1. The van der Waals surface area contributed by atoms with Gasteiger partial charge in [0.25, 0.3) is 0 Å². The van der Waals surface area contributed by atoms with E-state index in [1.165, 1.54) is 6.08 Å². The van der Waals surface area contributed by atoms with Crippen molar-refractivity contribution in [3.63, 3.8) is 0 Å². The third-order valence-corrected chi connectivity index (χ3v) is 0.838. The van der Waals surface area contributed by atoms with Crippen molar-refractivity contribution in [1.82, 2.24) is 0 Å². The number of halogens is 1. The molecule has 0 saturated carbocycles. The maximum absolute atomic E-state index is 9.73. The van der Waals surface area contributed by atoms with Gasteiger partial charge in [-0.25, -0.2) is 4.79 Å². The van der Waals surface area contributed by atoms with Crippen LogP contribution < -0.4 is 0 Å². The number of aliphatic carboxylic acids is 1. The second-order valence-corrected chi connectivity index (χ2v) is 1.35. The van der Waals surface area contributed by atoms with Crippen LogP contribution in [0.5, 0.6) is 0 Å². The van der Waals surface area contributed by atoms with Gasteiger partial charge < -0.3 is 5.11 Å².